The lowest BCUT2D eigenvalue weighted by atomic mass is 9.99. The number of carbonyl (C=O) groups excluding carboxylic acids is 1. The number of hydrogen-bond acceptors (Lipinski definition) is 2. The Morgan fingerprint density at radius 2 is 1.79 bits per heavy atom. The molecule has 0 heterocycles. The van der Waals surface area contributed by atoms with Gasteiger partial charge in [0.1, 0.15) is 0 Å². The zero-order valence-corrected chi connectivity index (χ0v) is 11.4. The summed E-state index contributed by atoms with van der Waals surface area (Å²) in [5.41, 5.74) is 0.230. The Labute approximate surface area is 118 Å². The van der Waals surface area contributed by atoms with Crippen LogP contribution in [0, 0.1) is 5.92 Å². The fourth-order valence-electron chi connectivity index (χ4n) is 1.54. The van der Waals surface area contributed by atoms with E-state index in [1.165, 1.54) is 25.1 Å². The molecule has 0 amide bonds. The van der Waals surface area contributed by atoms with Gasteiger partial charge in [-0.3, -0.25) is 4.79 Å². The van der Waals surface area contributed by atoms with Crippen LogP contribution in [0.2, 0.25) is 10.0 Å². The van der Waals surface area contributed by atoms with Gasteiger partial charge < -0.3 is 4.74 Å². The van der Waals surface area contributed by atoms with Crippen LogP contribution in [-0.2, 0) is 16.0 Å². The monoisotopic (exact) mass is 314 g/mol. The molecule has 1 aromatic carbocycles. The quantitative estimate of drug-likeness (QED) is 0.775. The number of hydrogen-bond donors (Lipinski definition) is 0. The molecule has 0 aliphatic rings. The highest BCUT2D eigenvalue weighted by atomic mass is 35.5. The third-order valence-corrected chi connectivity index (χ3v) is 2.76. The van der Waals surface area contributed by atoms with Gasteiger partial charge in [-0.2, -0.15) is 13.2 Å². The highest BCUT2D eigenvalue weighted by molar-refractivity contribution is 6.34. The van der Waals surface area contributed by atoms with Crippen LogP contribution >= 0.6 is 23.2 Å². The first-order chi connectivity index (χ1) is 8.74. The predicted octanol–water partition coefficient (Wildman–Crippen LogP) is 4.28. The number of ether oxygens (including phenoxy) is 1. The lowest BCUT2D eigenvalue weighted by molar-refractivity contribution is -0.197. The van der Waals surface area contributed by atoms with E-state index < -0.39 is 24.5 Å². The van der Waals surface area contributed by atoms with E-state index >= 15 is 0 Å². The summed E-state index contributed by atoms with van der Waals surface area (Å²) >= 11 is 11.4. The Hall–Kier alpha value is -0.940. The van der Waals surface area contributed by atoms with E-state index in [2.05, 4.69) is 4.74 Å². The molecule has 1 aromatic rings. The van der Waals surface area contributed by atoms with Crippen molar-refractivity contribution in [2.24, 2.45) is 5.92 Å². The van der Waals surface area contributed by atoms with Crippen LogP contribution in [0.5, 0.6) is 0 Å². The molecular formula is C12H11Cl2F3O2. The second-order valence-corrected chi connectivity index (χ2v) is 4.70. The van der Waals surface area contributed by atoms with Crippen LogP contribution in [0.3, 0.4) is 0 Å². The minimum Gasteiger partial charge on any atom is -0.466 e. The second-order valence-electron chi connectivity index (χ2n) is 3.83. The molecule has 2 nitrogen and oxygen atoms in total. The normalized spacial score (nSPS) is 13.2. The molecule has 0 aliphatic heterocycles. The number of halogens is 5. The van der Waals surface area contributed by atoms with Gasteiger partial charge in [0.05, 0.1) is 6.61 Å². The Morgan fingerprint density at radius 3 is 2.21 bits per heavy atom. The van der Waals surface area contributed by atoms with E-state index in [4.69, 9.17) is 23.2 Å². The van der Waals surface area contributed by atoms with Crippen molar-refractivity contribution in [3.8, 4) is 0 Å². The van der Waals surface area contributed by atoms with Gasteiger partial charge in [-0.05, 0) is 37.1 Å². The molecule has 1 rings (SSSR count). The standard InChI is InChI=1S/C12H11Cl2F3O2/c1-2-19-11(18)10(12(15,16)17)5-7-3-8(13)6-9(14)4-7/h3-4,6,10H,2,5H2,1H3. The number of carbonyl (C=O) groups is 1. The molecule has 0 aromatic heterocycles. The zero-order chi connectivity index (χ0) is 14.6. The third-order valence-electron chi connectivity index (χ3n) is 2.33. The molecule has 0 saturated heterocycles. The summed E-state index contributed by atoms with van der Waals surface area (Å²) in [6, 6.07) is 4.08. The van der Waals surface area contributed by atoms with Gasteiger partial charge in [0.15, 0.2) is 5.92 Å². The van der Waals surface area contributed by atoms with Crippen LogP contribution in [0.4, 0.5) is 13.2 Å². The van der Waals surface area contributed by atoms with Gasteiger partial charge in [-0.1, -0.05) is 23.2 Å². The first-order valence-corrected chi connectivity index (χ1v) is 6.18. The minimum atomic E-state index is -4.68. The van der Waals surface area contributed by atoms with E-state index in [0.29, 0.717) is 0 Å². The van der Waals surface area contributed by atoms with Crippen LogP contribution < -0.4 is 0 Å². The van der Waals surface area contributed by atoms with Crippen molar-refractivity contribution < 1.29 is 22.7 Å². The van der Waals surface area contributed by atoms with Crippen molar-refractivity contribution in [1.29, 1.82) is 0 Å². The summed E-state index contributed by atoms with van der Waals surface area (Å²) in [5.74, 6) is -3.52. The van der Waals surface area contributed by atoms with Crippen molar-refractivity contribution in [3.05, 3.63) is 33.8 Å². The van der Waals surface area contributed by atoms with Crippen molar-refractivity contribution in [1.82, 2.24) is 0 Å². The van der Waals surface area contributed by atoms with Crippen molar-refractivity contribution in [3.63, 3.8) is 0 Å². The fourth-order valence-corrected chi connectivity index (χ4v) is 2.11. The molecule has 0 fully saturated rings. The lowest BCUT2D eigenvalue weighted by Crippen LogP contribution is -2.34. The lowest BCUT2D eigenvalue weighted by Gasteiger charge is -2.18. The number of alkyl halides is 3. The van der Waals surface area contributed by atoms with Gasteiger partial charge in [0.2, 0.25) is 0 Å². The van der Waals surface area contributed by atoms with Crippen molar-refractivity contribution in [2.75, 3.05) is 6.61 Å². The summed E-state index contributed by atoms with van der Waals surface area (Å²) in [6.07, 6.45) is -5.23. The molecule has 0 radical (unpaired) electrons. The maximum absolute atomic E-state index is 12.8. The van der Waals surface area contributed by atoms with E-state index in [1.54, 1.807) is 0 Å². The van der Waals surface area contributed by atoms with E-state index in [0.717, 1.165) is 0 Å². The summed E-state index contributed by atoms with van der Waals surface area (Å²) < 4.78 is 42.9. The summed E-state index contributed by atoms with van der Waals surface area (Å²) in [4.78, 5) is 11.4. The van der Waals surface area contributed by atoms with Gasteiger partial charge in [0, 0.05) is 10.0 Å². The molecule has 0 aliphatic carbocycles. The third kappa shape index (κ3) is 4.91. The fraction of sp³-hybridized carbons (Fsp3) is 0.417. The molecule has 1 unspecified atom stereocenters. The first kappa shape index (κ1) is 16.1. The average Bonchev–Trinajstić information content (AvgIpc) is 2.23. The molecule has 106 valence electrons. The zero-order valence-electron chi connectivity index (χ0n) is 9.93. The average molecular weight is 315 g/mol. The molecule has 0 saturated carbocycles. The maximum atomic E-state index is 12.8. The topological polar surface area (TPSA) is 26.3 Å². The van der Waals surface area contributed by atoms with Gasteiger partial charge in [0.25, 0.3) is 0 Å². The minimum absolute atomic E-state index is 0.109. The highest BCUT2D eigenvalue weighted by Crippen LogP contribution is 2.31. The number of rotatable bonds is 4. The summed E-state index contributed by atoms with van der Waals surface area (Å²) in [5, 5.41) is 0.430. The summed E-state index contributed by atoms with van der Waals surface area (Å²) in [7, 11) is 0. The molecule has 0 spiro atoms. The Bertz CT molecular complexity index is 441. The van der Waals surface area contributed by atoms with Crippen LogP contribution in [-0.4, -0.2) is 18.8 Å². The first-order valence-electron chi connectivity index (χ1n) is 5.42. The predicted molar refractivity (Wildman–Crippen MR) is 66.3 cm³/mol. The molecule has 19 heavy (non-hydrogen) atoms. The van der Waals surface area contributed by atoms with Crippen LogP contribution in [0.15, 0.2) is 18.2 Å². The molecule has 0 bridgehead atoms. The Kier molecular flexibility index (Phi) is 5.50. The van der Waals surface area contributed by atoms with Crippen LogP contribution in [0.1, 0.15) is 12.5 Å². The van der Waals surface area contributed by atoms with Gasteiger partial charge in [-0.25, -0.2) is 0 Å². The maximum Gasteiger partial charge on any atom is 0.402 e. The van der Waals surface area contributed by atoms with Gasteiger partial charge in [-0.15, -0.1) is 0 Å². The van der Waals surface area contributed by atoms with Crippen LogP contribution in [0.25, 0.3) is 0 Å². The smallest absolute Gasteiger partial charge is 0.402 e. The van der Waals surface area contributed by atoms with E-state index in [-0.39, 0.29) is 22.2 Å². The molecule has 1 atom stereocenters. The Balaban J connectivity index is 2.97. The largest absolute Gasteiger partial charge is 0.466 e. The van der Waals surface area contributed by atoms with Crippen molar-refractivity contribution in [2.45, 2.75) is 19.5 Å². The molecular weight excluding hydrogens is 304 g/mol. The number of benzene rings is 1. The highest BCUT2D eigenvalue weighted by Gasteiger charge is 2.45. The summed E-state index contributed by atoms with van der Waals surface area (Å²) in [6.45, 7) is 1.34. The molecule has 7 heteroatoms. The Morgan fingerprint density at radius 1 is 1.26 bits per heavy atom. The molecule has 0 N–H and O–H groups in total. The van der Waals surface area contributed by atoms with Gasteiger partial charge >= 0.3 is 12.1 Å². The second kappa shape index (κ2) is 6.48. The van der Waals surface area contributed by atoms with E-state index in [1.807, 2.05) is 0 Å². The van der Waals surface area contributed by atoms with E-state index in [9.17, 15) is 18.0 Å². The van der Waals surface area contributed by atoms with Crippen molar-refractivity contribution >= 4 is 29.2 Å². The SMILES string of the molecule is CCOC(=O)C(Cc1cc(Cl)cc(Cl)c1)C(F)(F)F. The number of esters is 1.